The molecule has 0 atom stereocenters. The van der Waals surface area contributed by atoms with Gasteiger partial charge in [0.2, 0.25) is 5.89 Å². The molecule has 10 aromatic rings. The van der Waals surface area contributed by atoms with Crippen LogP contribution < -0.4 is 15.7 Å². The quantitative estimate of drug-likeness (QED) is 0.171. The summed E-state index contributed by atoms with van der Waals surface area (Å²) in [6, 6.07) is 64.5. The molecule has 2 aromatic heterocycles. The zero-order chi connectivity index (χ0) is 36.7. The predicted octanol–water partition coefficient (Wildman–Crippen LogP) is 10.8. The van der Waals surface area contributed by atoms with Crippen molar-refractivity contribution in [2.75, 3.05) is 4.81 Å². The summed E-state index contributed by atoms with van der Waals surface area (Å²) in [7, 11) is 0. The van der Waals surface area contributed by atoms with E-state index in [-0.39, 0.29) is 6.85 Å². The maximum absolute atomic E-state index is 6.67. The number of aryl methyl sites for hydroxylation is 1. The van der Waals surface area contributed by atoms with Crippen LogP contribution in [0.2, 0.25) is 0 Å². The fraction of sp³-hybridized carbons (Fsp3) is 0.0392. The molecule has 0 saturated heterocycles. The number of aromatic nitrogens is 2. The molecular weight excluding hydrogens is 681 g/mol. The molecule has 0 amide bonds. The standard InChI is InChI=1S/C51H32BN3O/c1-31-28-37-35-23-15-25-39-48(35)55(43-27-14-12-24-38(43)51(39,33-18-7-3-8-19-33)34-20-9-4-10-21-34)52-40-29-45-41(53-50(56-45)32-16-5-2-6-17-32)30-44(40)54-42-26-13-11-22-36(42)46(31)49(54)47(37)52/h2-30H,1H3. The SMILES string of the molecule is Cc1cc2c3c4c1c1ccccc1n4-c1cc4nc(-c5ccccc5)oc4cc1B3N1c3ccccc3C(c3ccccc3)(c3ccccc3)c3cccc-2c31. The Hall–Kier alpha value is -7.11. The molecule has 13 rings (SSSR count). The summed E-state index contributed by atoms with van der Waals surface area (Å²) >= 11 is 0. The first-order valence-electron chi connectivity index (χ1n) is 19.4. The summed E-state index contributed by atoms with van der Waals surface area (Å²) < 4.78 is 9.18. The van der Waals surface area contributed by atoms with Gasteiger partial charge < -0.3 is 13.8 Å². The second-order valence-electron chi connectivity index (χ2n) is 15.5. The number of benzene rings is 8. The minimum absolute atomic E-state index is 0.131. The maximum Gasteiger partial charge on any atom is 0.333 e. The molecule has 0 N–H and O–H groups in total. The smallest absolute Gasteiger partial charge is 0.333 e. The Morgan fingerprint density at radius 2 is 1.29 bits per heavy atom. The molecule has 4 nitrogen and oxygen atoms in total. The van der Waals surface area contributed by atoms with Crippen LogP contribution in [0.3, 0.4) is 0 Å². The Morgan fingerprint density at radius 1 is 0.607 bits per heavy atom. The van der Waals surface area contributed by atoms with Gasteiger partial charge in [-0.05, 0) is 87.6 Å². The fourth-order valence-electron chi connectivity index (χ4n) is 10.7. The topological polar surface area (TPSA) is 34.2 Å². The van der Waals surface area contributed by atoms with Gasteiger partial charge in [0.1, 0.15) is 5.52 Å². The summed E-state index contributed by atoms with van der Waals surface area (Å²) in [6.07, 6.45) is 0. The van der Waals surface area contributed by atoms with Gasteiger partial charge in [-0.15, -0.1) is 0 Å². The van der Waals surface area contributed by atoms with E-state index in [9.17, 15) is 0 Å². The Morgan fingerprint density at radius 3 is 2.07 bits per heavy atom. The van der Waals surface area contributed by atoms with Crippen LogP contribution in [0.4, 0.5) is 11.4 Å². The van der Waals surface area contributed by atoms with E-state index in [0.29, 0.717) is 5.89 Å². The van der Waals surface area contributed by atoms with E-state index < -0.39 is 5.41 Å². The second-order valence-corrected chi connectivity index (χ2v) is 15.5. The minimum Gasteiger partial charge on any atom is -0.436 e. The van der Waals surface area contributed by atoms with Gasteiger partial charge in [0.15, 0.2) is 5.58 Å². The predicted molar refractivity (Wildman–Crippen MR) is 229 cm³/mol. The van der Waals surface area contributed by atoms with E-state index in [4.69, 9.17) is 9.40 Å². The Kier molecular flexibility index (Phi) is 5.82. The normalized spacial score (nSPS) is 14.2. The van der Waals surface area contributed by atoms with Crippen molar-refractivity contribution in [3.8, 4) is 28.3 Å². The lowest BCUT2D eigenvalue weighted by Crippen LogP contribution is -2.62. The number of para-hydroxylation sites is 3. The Labute approximate surface area is 324 Å². The number of rotatable bonds is 3. The molecule has 56 heavy (non-hydrogen) atoms. The number of nitrogens with zero attached hydrogens (tertiary/aromatic N) is 3. The lowest BCUT2D eigenvalue weighted by atomic mass is 9.42. The Bertz CT molecular complexity index is 3240. The van der Waals surface area contributed by atoms with Gasteiger partial charge in [0.25, 0.3) is 0 Å². The zero-order valence-electron chi connectivity index (χ0n) is 30.6. The van der Waals surface area contributed by atoms with Crippen molar-refractivity contribution in [1.29, 1.82) is 0 Å². The lowest BCUT2D eigenvalue weighted by Gasteiger charge is -2.51. The Balaban J connectivity index is 1.21. The van der Waals surface area contributed by atoms with Crippen molar-refractivity contribution in [3.63, 3.8) is 0 Å². The van der Waals surface area contributed by atoms with Crippen LogP contribution in [0.1, 0.15) is 27.8 Å². The van der Waals surface area contributed by atoms with Gasteiger partial charge in [-0.2, -0.15) is 0 Å². The first-order valence-corrected chi connectivity index (χ1v) is 19.4. The van der Waals surface area contributed by atoms with E-state index in [1.807, 2.05) is 18.2 Å². The summed E-state index contributed by atoms with van der Waals surface area (Å²) in [4.78, 5) is 7.77. The third-order valence-electron chi connectivity index (χ3n) is 12.8. The molecule has 8 aromatic carbocycles. The summed E-state index contributed by atoms with van der Waals surface area (Å²) in [5, 5.41) is 2.58. The highest BCUT2D eigenvalue weighted by Gasteiger charge is 2.53. The molecule has 0 saturated carbocycles. The highest BCUT2D eigenvalue weighted by molar-refractivity contribution is 6.94. The van der Waals surface area contributed by atoms with Gasteiger partial charge in [0, 0.05) is 39.0 Å². The van der Waals surface area contributed by atoms with Crippen molar-refractivity contribution in [2.45, 2.75) is 12.3 Å². The highest BCUT2D eigenvalue weighted by atomic mass is 16.3. The van der Waals surface area contributed by atoms with Crippen LogP contribution in [0, 0.1) is 6.92 Å². The van der Waals surface area contributed by atoms with Crippen LogP contribution in [-0.4, -0.2) is 16.4 Å². The zero-order valence-corrected chi connectivity index (χ0v) is 30.6. The van der Waals surface area contributed by atoms with Crippen LogP contribution in [0.5, 0.6) is 0 Å². The summed E-state index contributed by atoms with van der Waals surface area (Å²) in [5.41, 5.74) is 19.6. The maximum atomic E-state index is 6.67. The average molecular weight is 714 g/mol. The van der Waals surface area contributed by atoms with E-state index in [0.717, 1.165) is 22.4 Å². The van der Waals surface area contributed by atoms with E-state index in [2.05, 4.69) is 174 Å². The third kappa shape index (κ3) is 3.63. The molecule has 0 spiro atoms. The number of fused-ring (bicyclic) bond motifs is 11. The molecule has 5 heteroatoms. The highest BCUT2D eigenvalue weighted by Crippen LogP contribution is 2.60. The van der Waals surface area contributed by atoms with Gasteiger partial charge in [-0.25, -0.2) is 4.98 Å². The van der Waals surface area contributed by atoms with Gasteiger partial charge in [-0.3, -0.25) is 0 Å². The van der Waals surface area contributed by atoms with Crippen molar-refractivity contribution in [1.82, 2.24) is 9.55 Å². The molecule has 0 bridgehead atoms. The monoisotopic (exact) mass is 713 g/mol. The second kappa shape index (κ2) is 10.8. The number of hydrogen-bond acceptors (Lipinski definition) is 3. The molecule has 0 unspecified atom stereocenters. The first kappa shape index (κ1) is 30.2. The van der Waals surface area contributed by atoms with Crippen molar-refractivity contribution < 1.29 is 4.42 Å². The van der Waals surface area contributed by atoms with Gasteiger partial charge in [0.05, 0.1) is 16.4 Å². The minimum atomic E-state index is -0.552. The molecule has 3 aliphatic rings. The van der Waals surface area contributed by atoms with Crippen LogP contribution in [0.15, 0.2) is 180 Å². The average Bonchev–Trinajstić information content (AvgIpc) is 3.84. The number of anilines is 2. The molecule has 260 valence electrons. The largest absolute Gasteiger partial charge is 0.436 e. The van der Waals surface area contributed by atoms with Gasteiger partial charge >= 0.3 is 6.85 Å². The van der Waals surface area contributed by atoms with Crippen LogP contribution >= 0.6 is 0 Å². The van der Waals surface area contributed by atoms with Crippen LogP contribution in [0.25, 0.3) is 61.2 Å². The molecular formula is C51H32BN3O. The molecule has 0 radical (unpaired) electrons. The van der Waals surface area contributed by atoms with Gasteiger partial charge in [-0.1, -0.05) is 140 Å². The molecule has 0 fully saturated rings. The lowest BCUT2D eigenvalue weighted by molar-refractivity contribution is 0.620. The first-order chi connectivity index (χ1) is 27.7. The molecule has 5 heterocycles. The third-order valence-corrected chi connectivity index (χ3v) is 12.8. The molecule has 3 aliphatic heterocycles. The van der Waals surface area contributed by atoms with E-state index in [1.165, 1.54) is 83.1 Å². The molecule has 0 aliphatic carbocycles. The summed E-state index contributed by atoms with van der Waals surface area (Å²) in [5.74, 6) is 0.634. The van der Waals surface area contributed by atoms with Crippen molar-refractivity contribution in [2.24, 2.45) is 0 Å². The summed E-state index contributed by atoms with van der Waals surface area (Å²) in [6.45, 7) is 2.16. The van der Waals surface area contributed by atoms with Crippen molar-refractivity contribution >= 4 is 62.1 Å². The van der Waals surface area contributed by atoms with E-state index >= 15 is 0 Å². The van der Waals surface area contributed by atoms with Crippen LogP contribution in [-0.2, 0) is 5.41 Å². The number of oxazole rings is 1. The van der Waals surface area contributed by atoms with Crippen molar-refractivity contribution in [3.05, 3.63) is 204 Å². The number of hydrogen-bond donors (Lipinski definition) is 0. The fourth-order valence-corrected chi connectivity index (χ4v) is 10.7. The van der Waals surface area contributed by atoms with E-state index in [1.54, 1.807) is 0 Å².